The van der Waals surface area contributed by atoms with E-state index >= 15 is 0 Å². The van der Waals surface area contributed by atoms with Crippen LogP contribution in [0.25, 0.3) is 0 Å². The van der Waals surface area contributed by atoms with Gasteiger partial charge in [-0.2, -0.15) is 0 Å². The Kier molecular flexibility index (Phi) is 6.08. The number of hydrogen-bond donors (Lipinski definition) is 1. The maximum absolute atomic E-state index is 5.77. The van der Waals surface area contributed by atoms with Gasteiger partial charge in [0.25, 0.3) is 0 Å². The lowest BCUT2D eigenvalue weighted by atomic mass is 10.1. The van der Waals surface area contributed by atoms with Crippen molar-refractivity contribution in [2.75, 3.05) is 26.2 Å². The van der Waals surface area contributed by atoms with Crippen LogP contribution in [0.3, 0.4) is 0 Å². The number of halogens is 2. The fourth-order valence-corrected chi connectivity index (χ4v) is 2.79. The molecule has 1 N–H and O–H groups in total. The zero-order valence-electron chi connectivity index (χ0n) is 11.2. The topological polar surface area (TPSA) is 50.5 Å². The van der Waals surface area contributed by atoms with Gasteiger partial charge in [0.05, 0.1) is 18.4 Å². The number of rotatable bonds is 2. The molecule has 2 aliphatic heterocycles. The van der Waals surface area contributed by atoms with Gasteiger partial charge in [0.15, 0.2) is 0 Å². The SMILES string of the molecule is Cc1noc(C)c1CN1CCO[C@H]2CNC[C@H]21.Cl.Cl. The lowest BCUT2D eigenvalue weighted by molar-refractivity contribution is -0.0502. The summed E-state index contributed by atoms with van der Waals surface area (Å²) in [6.07, 6.45) is 0.351. The first-order chi connectivity index (χ1) is 8.25. The van der Waals surface area contributed by atoms with Crippen molar-refractivity contribution in [3.05, 3.63) is 17.0 Å². The van der Waals surface area contributed by atoms with E-state index in [1.807, 2.05) is 13.8 Å². The van der Waals surface area contributed by atoms with Crippen LogP contribution < -0.4 is 5.32 Å². The number of nitrogens with zero attached hydrogens (tertiary/aromatic N) is 2. The summed E-state index contributed by atoms with van der Waals surface area (Å²) < 4.78 is 11.0. The van der Waals surface area contributed by atoms with E-state index in [9.17, 15) is 0 Å². The van der Waals surface area contributed by atoms with Crippen molar-refractivity contribution in [3.63, 3.8) is 0 Å². The maximum atomic E-state index is 5.77. The zero-order chi connectivity index (χ0) is 11.8. The van der Waals surface area contributed by atoms with Gasteiger partial charge in [0, 0.05) is 37.8 Å². The Bertz CT molecular complexity index is 394. The molecular weight excluding hydrogens is 289 g/mol. The average molecular weight is 310 g/mol. The van der Waals surface area contributed by atoms with Gasteiger partial charge in [-0.25, -0.2) is 0 Å². The summed E-state index contributed by atoms with van der Waals surface area (Å²) in [6, 6.07) is 0.498. The Morgan fingerprint density at radius 2 is 2.11 bits per heavy atom. The van der Waals surface area contributed by atoms with E-state index in [-0.39, 0.29) is 24.8 Å². The van der Waals surface area contributed by atoms with E-state index in [1.54, 1.807) is 0 Å². The van der Waals surface area contributed by atoms with Crippen LogP contribution in [0.2, 0.25) is 0 Å². The van der Waals surface area contributed by atoms with E-state index in [2.05, 4.69) is 15.4 Å². The summed E-state index contributed by atoms with van der Waals surface area (Å²) >= 11 is 0. The average Bonchev–Trinajstić information content (AvgIpc) is 2.91. The first kappa shape index (κ1) is 16.7. The van der Waals surface area contributed by atoms with Crippen molar-refractivity contribution in [2.45, 2.75) is 32.5 Å². The van der Waals surface area contributed by atoms with Crippen molar-refractivity contribution in [2.24, 2.45) is 0 Å². The van der Waals surface area contributed by atoms with E-state index in [0.717, 1.165) is 44.2 Å². The molecule has 0 aromatic carbocycles. The summed E-state index contributed by atoms with van der Waals surface area (Å²) in [5, 5.41) is 7.42. The number of ether oxygens (including phenoxy) is 1. The largest absolute Gasteiger partial charge is 0.374 e. The molecule has 7 heteroatoms. The second-order valence-electron chi connectivity index (χ2n) is 4.91. The van der Waals surface area contributed by atoms with Crippen LogP contribution in [0.15, 0.2) is 4.52 Å². The Labute approximate surface area is 125 Å². The Morgan fingerprint density at radius 1 is 1.32 bits per heavy atom. The predicted molar refractivity (Wildman–Crippen MR) is 77.3 cm³/mol. The Morgan fingerprint density at radius 3 is 2.79 bits per heavy atom. The van der Waals surface area contributed by atoms with Gasteiger partial charge in [-0.05, 0) is 13.8 Å². The molecule has 1 aromatic rings. The standard InChI is InChI=1S/C12H19N3O2.2ClH/c1-8-10(9(2)17-14-8)7-15-3-4-16-12-6-13-5-11(12)15;;/h11-13H,3-7H2,1-2H3;2*1H/t11-,12+;;/m1../s1. The van der Waals surface area contributed by atoms with Gasteiger partial charge in [-0.1, -0.05) is 5.16 Å². The highest BCUT2D eigenvalue weighted by Gasteiger charge is 2.36. The monoisotopic (exact) mass is 309 g/mol. The third kappa shape index (κ3) is 3.23. The van der Waals surface area contributed by atoms with E-state index in [4.69, 9.17) is 9.26 Å². The number of aryl methyl sites for hydroxylation is 2. The third-order valence-corrected chi connectivity index (χ3v) is 3.85. The molecule has 0 saturated carbocycles. The fraction of sp³-hybridized carbons (Fsp3) is 0.750. The molecule has 2 aliphatic rings. The molecule has 1 aromatic heterocycles. The van der Waals surface area contributed by atoms with Crippen molar-refractivity contribution in [1.29, 1.82) is 0 Å². The van der Waals surface area contributed by atoms with Crippen LogP contribution in [0.4, 0.5) is 0 Å². The van der Waals surface area contributed by atoms with Crippen LogP contribution in [0.1, 0.15) is 17.0 Å². The predicted octanol–water partition coefficient (Wildman–Crippen LogP) is 1.31. The summed E-state index contributed by atoms with van der Waals surface area (Å²) in [4.78, 5) is 2.49. The molecule has 0 aliphatic carbocycles. The fourth-order valence-electron chi connectivity index (χ4n) is 2.79. The van der Waals surface area contributed by atoms with Gasteiger partial charge < -0.3 is 14.6 Å². The molecule has 2 fully saturated rings. The van der Waals surface area contributed by atoms with Gasteiger partial charge in [-0.3, -0.25) is 4.90 Å². The highest BCUT2D eigenvalue weighted by atomic mass is 35.5. The van der Waals surface area contributed by atoms with Crippen LogP contribution >= 0.6 is 24.8 Å². The van der Waals surface area contributed by atoms with Crippen molar-refractivity contribution < 1.29 is 9.26 Å². The van der Waals surface area contributed by atoms with Gasteiger partial charge >= 0.3 is 0 Å². The molecule has 0 spiro atoms. The van der Waals surface area contributed by atoms with Crippen LogP contribution in [-0.2, 0) is 11.3 Å². The van der Waals surface area contributed by atoms with E-state index < -0.39 is 0 Å². The van der Waals surface area contributed by atoms with Gasteiger partial charge in [0.1, 0.15) is 5.76 Å². The molecule has 0 amide bonds. The van der Waals surface area contributed by atoms with Crippen LogP contribution in [-0.4, -0.2) is 48.4 Å². The van der Waals surface area contributed by atoms with E-state index in [0.29, 0.717) is 12.1 Å². The van der Waals surface area contributed by atoms with Gasteiger partial charge in [0.2, 0.25) is 0 Å². The highest BCUT2D eigenvalue weighted by Crippen LogP contribution is 2.22. The molecule has 5 nitrogen and oxygen atoms in total. The number of aromatic nitrogens is 1. The van der Waals surface area contributed by atoms with Gasteiger partial charge in [-0.15, -0.1) is 24.8 Å². The van der Waals surface area contributed by atoms with Crippen LogP contribution in [0.5, 0.6) is 0 Å². The van der Waals surface area contributed by atoms with Crippen molar-refractivity contribution >= 4 is 24.8 Å². The molecule has 3 rings (SSSR count). The number of fused-ring (bicyclic) bond motifs is 1. The van der Waals surface area contributed by atoms with Crippen LogP contribution in [0, 0.1) is 13.8 Å². The normalized spacial score (nSPS) is 26.4. The zero-order valence-corrected chi connectivity index (χ0v) is 12.9. The molecule has 2 atom stereocenters. The molecule has 0 bridgehead atoms. The summed E-state index contributed by atoms with van der Waals surface area (Å²) in [5.74, 6) is 0.941. The molecule has 3 heterocycles. The minimum Gasteiger partial charge on any atom is -0.374 e. The highest BCUT2D eigenvalue weighted by molar-refractivity contribution is 5.85. The first-order valence-corrected chi connectivity index (χ1v) is 6.24. The quantitative estimate of drug-likeness (QED) is 0.892. The third-order valence-electron chi connectivity index (χ3n) is 3.85. The first-order valence-electron chi connectivity index (χ1n) is 6.24. The number of nitrogens with one attached hydrogen (secondary N) is 1. The van der Waals surface area contributed by atoms with Crippen molar-refractivity contribution in [3.8, 4) is 0 Å². The molecule has 0 unspecified atom stereocenters. The summed E-state index contributed by atoms with van der Waals surface area (Å²) in [7, 11) is 0. The molecular formula is C12H21Cl2N3O2. The minimum absolute atomic E-state index is 0. The van der Waals surface area contributed by atoms with Crippen molar-refractivity contribution in [1.82, 2.24) is 15.4 Å². The minimum atomic E-state index is 0. The Balaban J connectivity index is 0.000000902. The summed E-state index contributed by atoms with van der Waals surface area (Å²) in [5.41, 5.74) is 2.24. The number of hydrogen-bond acceptors (Lipinski definition) is 5. The molecule has 0 radical (unpaired) electrons. The second kappa shape index (κ2) is 6.90. The smallest absolute Gasteiger partial charge is 0.138 e. The maximum Gasteiger partial charge on any atom is 0.138 e. The lowest BCUT2D eigenvalue weighted by Gasteiger charge is -2.36. The number of morpholine rings is 1. The molecule has 110 valence electrons. The summed E-state index contributed by atoms with van der Waals surface area (Å²) in [6.45, 7) is 8.74. The second-order valence-corrected chi connectivity index (χ2v) is 4.91. The Hall–Kier alpha value is -0.330. The van der Waals surface area contributed by atoms with E-state index in [1.165, 1.54) is 5.56 Å². The lowest BCUT2D eigenvalue weighted by Crippen LogP contribution is -2.50. The molecule has 19 heavy (non-hydrogen) atoms. The molecule has 2 saturated heterocycles.